The molecule has 2 aliphatic rings. The summed E-state index contributed by atoms with van der Waals surface area (Å²) < 4.78 is 5.89. The van der Waals surface area contributed by atoms with E-state index in [1.54, 1.807) is 4.90 Å². The molecule has 1 saturated carbocycles. The molecule has 25 heavy (non-hydrogen) atoms. The molecule has 0 aromatic heterocycles. The summed E-state index contributed by atoms with van der Waals surface area (Å²) in [7, 11) is 0. The van der Waals surface area contributed by atoms with Gasteiger partial charge in [0.15, 0.2) is 0 Å². The van der Waals surface area contributed by atoms with E-state index in [4.69, 9.17) is 4.74 Å². The Morgan fingerprint density at radius 2 is 2.08 bits per heavy atom. The van der Waals surface area contributed by atoms with Crippen LogP contribution in [0.3, 0.4) is 0 Å². The summed E-state index contributed by atoms with van der Waals surface area (Å²) in [5, 5.41) is 13.3. The van der Waals surface area contributed by atoms with E-state index in [2.05, 4.69) is 5.32 Å². The minimum absolute atomic E-state index is 0.0197. The van der Waals surface area contributed by atoms with Gasteiger partial charge in [-0.25, -0.2) is 0 Å². The molecule has 1 aliphatic carbocycles. The van der Waals surface area contributed by atoms with Gasteiger partial charge in [-0.2, -0.15) is 0 Å². The number of hydrogen-bond acceptors (Lipinski definition) is 4. The number of nitrogens with one attached hydrogen (secondary N) is 1. The van der Waals surface area contributed by atoms with E-state index in [0.29, 0.717) is 19.5 Å². The van der Waals surface area contributed by atoms with Gasteiger partial charge in [-0.15, -0.1) is 0 Å². The van der Waals surface area contributed by atoms with Crippen LogP contribution >= 0.6 is 0 Å². The third-order valence-corrected chi connectivity index (χ3v) is 5.06. The average Bonchev–Trinajstić information content (AvgIpc) is 3.15. The summed E-state index contributed by atoms with van der Waals surface area (Å²) in [5.74, 6) is 0.619. The molecule has 1 aromatic rings. The molecule has 2 fully saturated rings. The Morgan fingerprint density at radius 1 is 1.32 bits per heavy atom. The van der Waals surface area contributed by atoms with Gasteiger partial charge in [-0.3, -0.25) is 9.59 Å². The van der Waals surface area contributed by atoms with Crippen LogP contribution in [0.2, 0.25) is 0 Å². The van der Waals surface area contributed by atoms with E-state index in [-0.39, 0.29) is 30.4 Å². The summed E-state index contributed by atoms with van der Waals surface area (Å²) in [6, 6.07) is 7.77. The van der Waals surface area contributed by atoms with E-state index in [1.807, 2.05) is 31.2 Å². The number of rotatable bonds is 6. The summed E-state index contributed by atoms with van der Waals surface area (Å²) in [6.45, 7) is 3.20. The number of benzene rings is 1. The van der Waals surface area contributed by atoms with Crippen molar-refractivity contribution >= 4 is 11.8 Å². The SMILES string of the molecule is Cc1ccc(O[C@@H]2CC[C@H](CNC(=O)CN3CCCC3=O)[C@H]2O)cc1. The molecule has 136 valence electrons. The van der Waals surface area contributed by atoms with Crippen molar-refractivity contribution in [2.75, 3.05) is 19.6 Å². The maximum absolute atomic E-state index is 12.0. The van der Waals surface area contributed by atoms with Crippen LogP contribution in [-0.4, -0.2) is 53.7 Å². The molecular formula is C19H26N2O4. The third kappa shape index (κ3) is 4.51. The lowest BCUT2D eigenvalue weighted by molar-refractivity contribution is -0.133. The van der Waals surface area contributed by atoms with Crippen LogP contribution in [0.1, 0.15) is 31.2 Å². The van der Waals surface area contributed by atoms with Crippen molar-refractivity contribution in [1.29, 1.82) is 0 Å². The maximum Gasteiger partial charge on any atom is 0.239 e. The van der Waals surface area contributed by atoms with E-state index in [1.165, 1.54) is 0 Å². The minimum atomic E-state index is -0.602. The lowest BCUT2D eigenvalue weighted by Gasteiger charge is -2.22. The highest BCUT2D eigenvalue weighted by molar-refractivity contribution is 5.85. The van der Waals surface area contributed by atoms with Gasteiger partial charge >= 0.3 is 0 Å². The monoisotopic (exact) mass is 346 g/mol. The normalized spacial score (nSPS) is 26.1. The molecule has 2 N–H and O–H groups in total. The molecule has 1 saturated heterocycles. The summed E-state index contributed by atoms with van der Waals surface area (Å²) in [5.41, 5.74) is 1.16. The molecule has 1 aromatic carbocycles. The van der Waals surface area contributed by atoms with Gasteiger partial charge in [-0.05, 0) is 38.3 Å². The summed E-state index contributed by atoms with van der Waals surface area (Å²) in [6.07, 6.45) is 2.08. The molecule has 1 aliphatic heterocycles. The van der Waals surface area contributed by atoms with Gasteiger partial charge in [0.1, 0.15) is 11.9 Å². The van der Waals surface area contributed by atoms with Crippen LogP contribution in [0.5, 0.6) is 5.75 Å². The average molecular weight is 346 g/mol. The first-order valence-electron chi connectivity index (χ1n) is 8.99. The first kappa shape index (κ1) is 17.7. The smallest absolute Gasteiger partial charge is 0.239 e. The Balaban J connectivity index is 1.43. The van der Waals surface area contributed by atoms with Crippen molar-refractivity contribution in [1.82, 2.24) is 10.2 Å². The summed E-state index contributed by atoms with van der Waals surface area (Å²) in [4.78, 5) is 25.1. The number of nitrogens with zero attached hydrogens (tertiary/aromatic N) is 1. The zero-order chi connectivity index (χ0) is 17.8. The van der Waals surface area contributed by atoms with E-state index in [9.17, 15) is 14.7 Å². The number of aliphatic hydroxyl groups is 1. The number of likely N-dealkylation sites (tertiary alicyclic amines) is 1. The lowest BCUT2D eigenvalue weighted by Crippen LogP contribution is -2.42. The maximum atomic E-state index is 12.0. The van der Waals surface area contributed by atoms with Gasteiger partial charge in [-0.1, -0.05) is 17.7 Å². The van der Waals surface area contributed by atoms with Crippen LogP contribution in [0.25, 0.3) is 0 Å². The molecule has 0 radical (unpaired) electrons. The Kier molecular flexibility index (Phi) is 5.58. The van der Waals surface area contributed by atoms with Gasteiger partial charge in [0.25, 0.3) is 0 Å². The summed E-state index contributed by atoms with van der Waals surface area (Å²) >= 11 is 0. The number of amides is 2. The Morgan fingerprint density at radius 3 is 2.76 bits per heavy atom. The van der Waals surface area contributed by atoms with Crippen molar-refractivity contribution in [2.24, 2.45) is 5.92 Å². The molecule has 2 amide bonds. The lowest BCUT2D eigenvalue weighted by atomic mass is 10.1. The highest BCUT2D eigenvalue weighted by Gasteiger charge is 2.36. The van der Waals surface area contributed by atoms with Gasteiger partial charge in [0.2, 0.25) is 11.8 Å². The second-order valence-electron chi connectivity index (χ2n) is 7.02. The fraction of sp³-hybridized carbons (Fsp3) is 0.579. The second kappa shape index (κ2) is 7.87. The number of aliphatic hydroxyl groups excluding tert-OH is 1. The zero-order valence-electron chi connectivity index (χ0n) is 14.6. The topological polar surface area (TPSA) is 78.9 Å². The van der Waals surface area contributed by atoms with E-state index in [0.717, 1.165) is 30.6 Å². The van der Waals surface area contributed by atoms with Gasteiger partial charge in [0, 0.05) is 25.4 Å². The van der Waals surface area contributed by atoms with Crippen LogP contribution in [0, 0.1) is 12.8 Å². The quantitative estimate of drug-likeness (QED) is 0.813. The molecular weight excluding hydrogens is 320 g/mol. The molecule has 6 heteroatoms. The van der Waals surface area contributed by atoms with Crippen LogP contribution in [-0.2, 0) is 9.59 Å². The molecule has 3 atom stereocenters. The number of ether oxygens (including phenoxy) is 1. The predicted molar refractivity (Wildman–Crippen MR) is 93.1 cm³/mol. The van der Waals surface area contributed by atoms with Crippen molar-refractivity contribution < 1.29 is 19.4 Å². The van der Waals surface area contributed by atoms with Crippen LogP contribution < -0.4 is 10.1 Å². The van der Waals surface area contributed by atoms with Crippen molar-refractivity contribution in [2.45, 2.75) is 44.8 Å². The number of carbonyl (C=O) groups excluding carboxylic acids is 2. The fourth-order valence-corrected chi connectivity index (χ4v) is 3.51. The zero-order valence-corrected chi connectivity index (χ0v) is 14.6. The first-order chi connectivity index (χ1) is 12.0. The second-order valence-corrected chi connectivity index (χ2v) is 7.02. The van der Waals surface area contributed by atoms with E-state index < -0.39 is 6.10 Å². The van der Waals surface area contributed by atoms with Crippen molar-refractivity contribution in [3.05, 3.63) is 29.8 Å². The van der Waals surface area contributed by atoms with Crippen LogP contribution in [0.4, 0.5) is 0 Å². The highest BCUT2D eigenvalue weighted by atomic mass is 16.5. The first-order valence-corrected chi connectivity index (χ1v) is 8.99. The highest BCUT2D eigenvalue weighted by Crippen LogP contribution is 2.29. The number of carbonyl (C=O) groups is 2. The van der Waals surface area contributed by atoms with Gasteiger partial charge in [0.05, 0.1) is 12.6 Å². The Bertz CT molecular complexity index is 616. The molecule has 3 rings (SSSR count). The standard InChI is InChI=1S/C19H26N2O4/c1-13-4-7-15(8-5-13)25-16-9-6-14(19(16)24)11-20-17(22)12-21-10-2-3-18(21)23/h4-5,7-8,14,16,19,24H,2-3,6,9-12H2,1H3,(H,20,22)/t14-,16-,19-/m1/s1. The van der Waals surface area contributed by atoms with Crippen molar-refractivity contribution in [3.8, 4) is 5.75 Å². The minimum Gasteiger partial charge on any atom is -0.488 e. The predicted octanol–water partition coefficient (Wildman–Crippen LogP) is 1.25. The Labute approximate surface area is 148 Å². The Hall–Kier alpha value is -2.08. The number of aryl methyl sites for hydroxylation is 1. The largest absolute Gasteiger partial charge is 0.488 e. The molecule has 0 bridgehead atoms. The molecule has 0 spiro atoms. The molecule has 1 heterocycles. The fourth-order valence-electron chi connectivity index (χ4n) is 3.51. The van der Waals surface area contributed by atoms with Crippen LogP contribution in [0.15, 0.2) is 24.3 Å². The molecule has 6 nitrogen and oxygen atoms in total. The van der Waals surface area contributed by atoms with E-state index >= 15 is 0 Å². The third-order valence-electron chi connectivity index (χ3n) is 5.06. The van der Waals surface area contributed by atoms with Gasteiger partial charge < -0.3 is 20.1 Å². The molecule has 0 unspecified atom stereocenters. The number of hydrogen-bond donors (Lipinski definition) is 2. The van der Waals surface area contributed by atoms with Crippen molar-refractivity contribution in [3.63, 3.8) is 0 Å².